The highest BCUT2D eigenvalue weighted by Gasteiger charge is 2.32. The van der Waals surface area contributed by atoms with Gasteiger partial charge in [-0.1, -0.05) is 23.2 Å². The molecule has 4 aromatic rings. The van der Waals surface area contributed by atoms with Crippen molar-refractivity contribution in [3.05, 3.63) is 62.6 Å². The molecule has 0 unspecified atom stereocenters. The Hall–Kier alpha value is -2.86. The molecule has 5 heterocycles. The van der Waals surface area contributed by atoms with Gasteiger partial charge >= 0.3 is 12.1 Å². The lowest BCUT2D eigenvalue weighted by molar-refractivity contribution is -0.0731. The molecule has 0 spiro atoms. The van der Waals surface area contributed by atoms with Crippen molar-refractivity contribution < 1.29 is 17.9 Å². The van der Waals surface area contributed by atoms with E-state index >= 15 is 0 Å². The van der Waals surface area contributed by atoms with Crippen LogP contribution in [0.15, 0.2) is 39.7 Å². The first kappa shape index (κ1) is 24.5. The highest BCUT2D eigenvalue weighted by molar-refractivity contribution is 6.42. The number of ether oxygens (including phenoxy) is 1. The molecule has 2 aliphatic rings. The van der Waals surface area contributed by atoms with Crippen LogP contribution >= 0.6 is 23.2 Å². The summed E-state index contributed by atoms with van der Waals surface area (Å²) in [7, 11) is 0. The summed E-state index contributed by atoms with van der Waals surface area (Å²) < 4.78 is 39.3. The van der Waals surface area contributed by atoms with E-state index in [1.807, 2.05) is 4.57 Å². The Bertz CT molecular complexity index is 1490. The predicted octanol–water partition coefficient (Wildman–Crippen LogP) is 4.58. The third-order valence-electron chi connectivity index (χ3n) is 7.02. The van der Waals surface area contributed by atoms with Gasteiger partial charge in [-0.25, -0.2) is 4.79 Å². The number of hydrogen-bond donors (Lipinski definition) is 0. The Morgan fingerprint density at radius 3 is 2.35 bits per heavy atom. The molecule has 0 atom stereocenters. The molecule has 3 aromatic heterocycles. The van der Waals surface area contributed by atoms with Crippen LogP contribution in [0.1, 0.15) is 36.9 Å². The van der Waals surface area contributed by atoms with Gasteiger partial charge < -0.3 is 9.15 Å². The molecule has 13 heteroatoms. The number of nitrogens with zero attached hydrogens (tertiary/aromatic N) is 6. The van der Waals surface area contributed by atoms with Crippen LogP contribution in [0.3, 0.4) is 0 Å². The minimum absolute atomic E-state index is 0.0302. The van der Waals surface area contributed by atoms with Crippen LogP contribution < -0.4 is 5.69 Å². The zero-order valence-electron chi connectivity index (χ0n) is 19.5. The van der Waals surface area contributed by atoms with Crippen LogP contribution in [0.2, 0.25) is 10.0 Å². The number of likely N-dealkylation sites (tertiary alicyclic amines) is 1. The van der Waals surface area contributed by atoms with Crippen molar-refractivity contribution in [3.63, 3.8) is 0 Å². The van der Waals surface area contributed by atoms with Crippen LogP contribution in [-0.4, -0.2) is 61.6 Å². The lowest BCUT2D eigenvalue weighted by Crippen LogP contribution is -2.52. The number of hydrogen-bond acceptors (Lipinski definition) is 7. The minimum Gasteiger partial charge on any atom is -0.415 e. The number of pyridine rings is 1. The number of fused-ring (bicyclic) bond motifs is 1. The summed E-state index contributed by atoms with van der Waals surface area (Å²) in [6.07, 6.45) is 0.282. The van der Waals surface area contributed by atoms with E-state index in [1.54, 1.807) is 28.8 Å². The van der Waals surface area contributed by atoms with Crippen LogP contribution in [0.4, 0.5) is 8.78 Å². The van der Waals surface area contributed by atoms with E-state index in [-0.39, 0.29) is 24.2 Å². The Balaban J connectivity index is 1.30. The van der Waals surface area contributed by atoms with Crippen molar-refractivity contribution in [1.29, 1.82) is 0 Å². The lowest BCUT2D eigenvalue weighted by Gasteiger charge is -2.41. The molecule has 0 aliphatic carbocycles. The fourth-order valence-corrected chi connectivity index (χ4v) is 5.28. The van der Waals surface area contributed by atoms with E-state index in [0.717, 1.165) is 44.7 Å². The molecule has 37 heavy (non-hydrogen) atoms. The molecule has 1 aromatic carbocycles. The van der Waals surface area contributed by atoms with E-state index in [4.69, 9.17) is 32.4 Å². The molecule has 2 aliphatic heterocycles. The maximum Gasteiger partial charge on any atom is 0.329 e. The molecule has 2 saturated heterocycles. The molecule has 6 rings (SSSR count). The number of imidazole rings is 1. The second kappa shape index (κ2) is 9.79. The molecule has 9 nitrogen and oxygen atoms in total. The van der Waals surface area contributed by atoms with Gasteiger partial charge in [0.2, 0.25) is 5.89 Å². The van der Waals surface area contributed by atoms with Crippen molar-refractivity contribution in [2.45, 2.75) is 37.9 Å². The van der Waals surface area contributed by atoms with Gasteiger partial charge in [0.1, 0.15) is 0 Å². The average Bonchev–Trinajstić information content (AvgIpc) is 3.44. The smallest absolute Gasteiger partial charge is 0.329 e. The molecule has 2 fully saturated rings. The predicted molar refractivity (Wildman–Crippen MR) is 132 cm³/mol. The third kappa shape index (κ3) is 4.54. The Morgan fingerprint density at radius 1 is 1.03 bits per heavy atom. The quantitative estimate of drug-likeness (QED) is 0.347. The number of halogens is 4. The molecule has 0 radical (unpaired) electrons. The summed E-state index contributed by atoms with van der Waals surface area (Å²) in [4.78, 5) is 20.5. The summed E-state index contributed by atoms with van der Waals surface area (Å²) in [5, 5.41) is 7.72. The molecule has 194 valence electrons. The van der Waals surface area contributed by atoms with Gasteiger partial charge in [-0.15, -0.1) is 10.2 Å². The number of rotatable bonds is 6. The summed E-state index contributed by atoms with van der Waals surface area (Å²) in [5.74, 6) is -0.801. The summed E-state index contributed by atoms with van der Waals surface area (Å²) in [5.41, 5.74) is 2.22. The van der Waals surface area contributed by atoms with Gasteiger partial charge in [0.25, 0.3) is 5.89 Å². The number of alkyl halides is 2. The molecular weight excluding hydrogens is 529 g/mol. The largest absolute Gasteiger partial charge is 0.415 e. The van der Waals surface area contributed by atoms with Gasteiger partial charge in [-0.3, -0.25) is 19.0 Å². The SMILES string of the molecule is O=c1n(Cc2ccc(-c3nnc(C(F)F)o3)cn2)c2cc(Cl)c(Cl)cc2n1C1CCN(C2COC2)CC1. The van der Waals surface area contributed by atoms with Gasteiger partial charge in [0.05, 0.1) is 58.1 Å². The van der Waals surface area contributed by atoms with Gasteiger partial charge in [0, 0.05) is 25.3 Å². The van der Waals surface area contributed by atoms with Crippen LogP contribution in [0.5, 0.6) is 0 Å². The number of benzene rings is 1. The van der Waals surface area contributed by atoms with Crippen molar-refractivity contribution in [2.24, 2.45) is 0 Å². The minimum atomic E-state index is -2.85. The van der Waals surface area contributed by atoms with Gasteiger partial charge in [0.15, 0.2) is 0 Å². The highest BCUT2D eigenvalue weighted by atomic mass is 35.5. The zero-order chi connectivity index (χ0) is 25.7. The Labute approximate surface area is 219 Å². The van der Waals surface area contributed by atoms with Crippen molar-refractivity contribution in [2.75, 3.05) is 26.3 Å². The second-order valence-electron chi connectivity index (χ2n) is 9.24. The maximum atomic E-state index is 13.7. The van der Waals surface area contributed by atoms with Crippen molar-refractivity contribution in [1.82, 2.24) is 29.2 Å². The fourth-order valence-electron chi connectivity index (χ4n) is 4.97. The van der Waals surface area contributed by atoms with Crippen LogP contribution in [0, 0.1) is 0 Å². The number of aromatic nitrogens is 5. The molecule has 0 bridgehead atoms. The first-order valence-corrected chi connectivity index (χ1v) is 12.6. The topological polar surface area (TPSA) is 91.2 Å². The lowest BCUT2D eigenvalue weighted by atomic mass is 10.0. The number of piperidine rings is 1. The van der Waals surface area contributed by atoms with E-state index in [0.29, 0.717) is 32.9 Å². The summed E-state index contributed by atoms with van der Waals surface area (Å²) >= 11 is 12.7. The molecule has 0 N–H and O–H groups in total. The van der Waals surface area contributed by atoms with Crippen LogP contribution in [0.25, 0.3) is 22.5 Å². The van der Waals surface area contributed by atoms with Gasteiger partial charge in [-0.05, 0) is 37.1 Å². The van der Waals surface area contributed by atoms with E-state index < -0.39 is 12.3 Å². The Kier molecular flexibility index (Phi) is 6.47. The fraction of sp³-hybridized carbons (Fsp3) is 0.417. The molecular formula is C24H22Cl2F2N6O3. The summed E-state index contributed by atoms with van der Waals surface area (Å²) in [6.45, 7) is 3.51. The standard InChI is InChI=1S/C24H22Cl2F2N6O3/c25-17-7-19-20(8-18(17)26)34(15-3-5-32(6-4-15)16-11-36-12-16)24(35)33(19)10-14-2-1-13(9-29-14)22-30-31-23(37-22)21(27)28/h1-2,7-9,15-16,21H,3-6,10-12H2. The maximum absolute atomic E-state index is 13.7. The highest BCUT2D eigenvalue weighted by Crippen LogP contribution is 2.32. The second-order valence-corrected chi connectivity index (χ2v) is 10.1. The average molecular weight is 551 g/mol. The first-order chi connectivity index (χ1) is 17.9. The van der Waals surface area contributed by atoms with Gasteiger partial charge in [-0.2, -0.15) is 8.78 Å². The van der Waals surface area contributed by atoms with E-state index in [1.165, 1.54) is 6.20 Å². The normalized spacial score (nSPS) is 17.6. The monoisotopic (exact) mass is 550 g/mol. The van der Waals surface area contributed by atoms with Crippen LogP contribution in [-0.2, 0) is 11.3 Å². The van der Waals surface area contributed by atoms with Crippen molar-refractivity contribution >= 4 is 34.2 Å². The summed E-state index contributed by atoms with van der Waals surface area (Å²) in [6, 6.07) is 7.28. The van der Waals surface area contributed by atoms with E-state index in [9.17, 15) is 13.6 Å². The zero-order valence-corrected chi connectivity index (χ0v) is 21.0. The third-order valence-corrected chi connectivity index (χ3v) is 7.75. The van der Waals surface area contributed by atoms with E-state index in [2.05, 4.69) is 20.1 Å². The Morgan fingerprint density at radius 2 is 1.76 bits per heavy atom. The first-order valence-electron chi connectivity index (χ1n) is 11.9. The molecule has 0 saturated carbocycles. The van der Waals surface area contributed by atoms with Crippen molar-refractivity contribution in [3.8, 4) is 11.5 Å². The molecule has 0 amide bonds.